The first-order chi connectivity index (χ1) is 11.3. The third kappa shape index (κ3) is 7.40. The molecule has 0 saturated carbocycles. The number of alkyl carbamates (subject to hydrolysis) is 1. The molecule has 1 aromatic rings. The van der Waals surface area contributed by atoms with Crippen LogP contribution in [0.2, 0.25) is 0 Å². The second-order valence-electron chi connectivity index (χ2n) is 5.97. The topological polar surface area (TPSA) is 47.6 Å². The van der Waals surface area contributed by atoms with Crippen molar-refractivity contribution in [2.24, 2.45) is 0 Å². The van der Waals surface area contributed by atoms with Crippen LogP contribution in [0.15, 0.2) is 30.3 Å². The van der Waals surface area contributed by atoms with Crippen molar-refractivity contribution in [1.29, 1.82) is 0 Å². The van der Waals surface area contributed by atoms with E-state index in [0.29, 0.717) is 5.56 Å². The van der Waals surface area contributed by atoms with E-state index in [2.05, 4.69) is 10.1 Å². The summed E-state index contributed by atoms with van der Waals surface area (Å²) in [6, 6.07) is 4.57. The number of carbonyl (C=O) groups excluding carboxylic acids is 1. The highest BCUT2D eigenvalue weighted by Gasteiger charge is 2.61. The summed E-state index contributed by atoms with van der Waals surface area (Å²) in [4.78, 5) is 11.4. The van der Waals surface area contributed by atoms with Crippen LogP contribution in [0.3, 0.4) is 0 Å². The molecule has 0 bridgehead atoms. The van der Waals surface area contributed by atoms with Crippen LogP contribution >= 0.6 is 0 Å². The number of alkyl halides is 5. The molecule has 0 saturated heterocycles. The van der Waals surface area contributed by atoms with Crippen molar-refractivity contribution >= 4 is 12.2 Å². The predicted octanol–water partition coefficient (Wildman–Crippen LogP) is 4.76. The van der Waals surface area contributed by atoms with Crippen LogP contribution in [0.25, 0.3) is 6.08 Å². The Morgan fingerprint density at radius 1 is 1.08 bits per heavy atom. The molecule has 0 heterocycles. The van der Waals surface area contributed by atoms with Gasteiger partial charge in [-0.3, -0.25) is 0 Å². The summed E-state index contributed by atoms with van der Waals surface area (Å²) < 4.78 is 70.3. The second kappa shape index (κ2) is 7.71. The molecule has 0 aromatic heterocycles. The zero-order valence-corrected chi connectivity index (χ0v) is 13.8. The van der Waals surface area contributed by atoms with Crippen LogP contribution in [0, 0.1) is 0 Å². The molecule has 9 heteroatoms. The van der Waals surface area contributed by atoms with Crippen LogP contribution in [0.1, 0.15) is 26.3 Å². The van der Waals surface area contributed by atoms with Gasteiger partial charge in [-0.25, -0.2) is 4.79 Å². The fourth-order valence-corrected chi connectivity index (χ4v) is 1.50. The average molecular weight is 367 g/mol. The van der Waals surface area contributed by atoms with Gasteiger partial charge < -0.3 is 14.8 Å². The molecule has 1 aromatic carbocycles. The molecule has 1 N–H and O–H groups in total. The Labute approximate surface area is 141 Å². The summed E-state index contributed by atoms with van der Waals surface area (Å²) in [5, 5.41) is 2.47. The lowest BCUT2D eigenvalue weighted by Crippen LogP contribution is -2.41. The quantitative estimate of drug-likeness (QED) is 0.764. The monoisotopic (exact) mass is 367 g/mol. The molecule has 1 amide bonds. The number of amides is 1. The molecule has 25 heavy (non-hydrogen) atoms. The largest absolute Gasteiger partial charge is 0.499 e. The third-order valence-electron chi connectivity index (χ3n) is 2.53. The van der Waals surface area contributed by atoms with Crippen LogP contribution < -0.4 is 10.1 Å². The van der Waals surface area contributed by atoms with Gasteiger partial charge in [0.25, 0.3) is 0 Å². The summed E-state index contributed by atoms with van der Waals surface area (Å²) in [5.41, 5.74) is -0.101. The third-order valence-corrected chi connectivity index (χ3v) is 2.53. The molecule has 4 nitrogen and oxygen atoms in total. The smallest absolute Gasteiger partial charge is 0.444 e. The molecule has 0 aliphatic carbocycles. The fraction of sp³-hybridized carbons (Fsp3) is 0.438. The maximum absolute atomic E-state index is 12.7. The highest BCUT2D eigenvalue weighted by atomic mass is 19.4. The number of rotatable bonds is 5. The average Bonchev–Trinajstić information content (AvgIpc) is 2.42. The second-order valence-corrected chi connectivity index (χ2v) is 5.97. The predicted molar refractivity (Wildman–Crippen MR) is 81.3 cm³/mol. The zero-order valence-electron chi connectivity index (χ0n) is 13.8. The van der Waals surface area contributed by atoms with Crippen molar-refractivity contribution in [1.82, 2.24) is 5.32 Å². The van der Waals surface area contributed by atoms with Crippen molar-refractivity contribution in [2.75, 3.05) is 6.54 Å². The van der Waals surface area contributed by atoms with Crippen molar-refractivity contribution < 1.29 is 36.2 Å². The van der Waals surface area contributed by atoms with E-state index in [-0.39, 0.29) is 6.54 Å². The first-order valence-corrected chi connectivity index (χ1v) is 7.17. The Hall–Kier alpha value is -2.32. The van der Waals surface area contributed by atoms with Gasteiger partial charge in [0.2, 0.25) is 0 Å². The van der Waals surface area contributed by atoms with E-state index in [0.717, 1.165) is 12.1 Å². The molecule has 140 valence electrons. The Morgan fingerprint density at radius 2 is 1.64 bits per heavy atom. The standard InChI is InChI=1S/C16H18F5NO3/c1-14(2,3)25-13(23)22-10-4-5-11-6-8-12(9-7-11)24-16(20,21)15(17,18)19/h4-9H,10H2,1-3H3,(H,22,23). The van der Waals surface area contributed by atoms with E-state index in [1.807, 2.05) is 0 Å². The number of ether oxygens (including phenoxy) is 2. The van der Waals surface area contributed by atoms with E-state index in [4.69, 9.17) is 4.74 Å². The summed E-state index contributed by atoms with van der Waals surface area (Å²) >= 11 is 0. The van der Waals surface area contributed by atoms with Gasteiger partial charge in [0.1, 0.15) is 11.4 Å². The van der Waals surface area contributed by atoms with Gasteiger partial charge in [-0.1, -0.05) is 24.3 Å². The lowest BCUT2D eigenvalue weighted by Gasteiger charge is -2.20. The highest BCUT2D eigenvalue weighted by Crippen LogP contribution is 2.37. The normalized spacial score (nSPS) is 13.0. The van der Waals surface area contributed by atoms with Crippen LogP contribution in [0.5, 0.6) is 5.75 Å². The first-order valence-electron chi connectivity index (χ1n) is 7.17. The lowest BCUT2D eigenvalue weighted by molar-refractivity contribution is -0.360. The van der Waals surface area contributed by atoms with E-state index >= 15 is 0 Å². The van der Waals surface area contributed by atoms with Gasteiger partial charge >= 0.3 is 18.4 Å². The maximum Gasteiger partial charge on any atom is 0.499 e. The van der Waals surface area contributed by atoms with Crippen molar-refractivity contribution in [3.8, 4) is 5.75 Å². The summed E-state index contributed by atoms with van der Waals surface area (Å²) in [5.74, 6) is -0.619. The van der Waals surface area contributed by atoms with Crippen molar-refractivity contribution in [3.05, 3.63) is 35.9 Å². The number of hydrogen-bond donors (Lipinski definition) is 1. The molecule has 0 atom stereocenters. The first kappa shape index (κ1) is 20.7. The number of hydrogen-bond acceptors (Lipinski definition) is 3. The van der Waals surface area contributed by atoms with Gasteiger partial charge in [0, 0.05) is 6.54 Å². The Kier molecular flexibility index (Phi) is 6.39. The summed E-state index contributed by atoms with van der Waals surface area (Å²) in [6.07, 6.45) is -8.55. The van der Waals surface area contributed by atoms with Gasteiger partial charge in [0.15, 0.2) is 0 Å². The van der Waals surface area contributed by atoms with E-state index < -0.39 is 29.7 Å². The molecule has 0 aliphatic heterocycles. The zero-order chi connectivity index (χ0) is 19.3. The van der Waals surface area contributed by atoms with Gasteiger partial charge in [-0.2, -0.15) is 22.0 Å². The molecule has 0 radical (unpaired) electrons. The molecule has 0 spiro atoms. The van der Waals surface area contributed by atoms with Gasteiger partial charge in [-0.15, -0.1) is 0 Å². The number of carbonyl (C=O) groups is 1. The Bertz CT molecular complexity index is 604. The van der Waals surface area contributed by atoms with Crippen molar-refractivity contribution in [2.45, 2.75) is 38.7 Å². The van der Waals surface area contributed by atoms with Crippen molar-refractivity contribution in [3.63, 3.8) is 0 Å². The number of halogens is 5. The molecule has 1 rings (SSSR count). The van der Waals surface area contributed by atoms with Gasteiger partial charge in [-0.05, 0) is 38.5 Å². The summed E-state index contributed by atoms with van der Waals surface area (Å²) in [7, 11) is 0. The maximum atomic E-state index is 12.7. The number of nitrogens with one attached hydrogen (secondary N) is 1. The lowest BCUT2D eigenvalue weighted by atomic mass is 10.2. The molecular weight excluding hydrogens is 349 g/mol. The summed E-state index contributed by atoms with van der Waals surface area (Å²) in [6.45, 7) is 5.30. The van der Waals surface area contributed by atoms with Crippen LogP contribution in [0.4, 0.5) is 26.7 Å². The minimum absolute atomic E-state index is 0.152. The van der Waals surface area contributed by atoms with E-state index in [1.54, 1.807) is 32.9 Å². The minimum atomic E-state index is -5.79. The highest BCUT2D eigenvalue weighted by molar-refractivity contribution is 5.68. The number of benzene rings is 1. The fourth-order valence-electron chi connectivity index (χ4n) is 1.50. The molecule has 0 aliphatic rings. The van der Waals surface area contributed by atoms with Gasteiger partial charge in [0.05, 0.1) is 0 Å². The molecule has 0 fully saturated rings. The molecule has 0 unspecified atom stereocenters. The van der Waals surface area contributed by atoms with Crippen LogP contribution in [-0.4, -0.2) is 30.5 Å². The van der Waals surface area contributed by atoms with Crippen LogP contribution in [-0.2, 0) is 4.74 Å². The Morgan fingerprint density at radius 3 is 2.12 bits per heavy atom. The molecular formula is C16H18F5NO3. The van der Waals surface area contributed by atoms with E-state index in [9.17, 15) is 26.7 Å². The van der Waals surface area contributed by atoms with E-state index in [1.165, 1.54) is 12.1 Å². The Balaban J connectivity index is 2.53. The SMILES string of the molecule is CC(C)(C)OC(=O)NCC=Cc1ccc(OC(F)(F)C(F)(F)F)cc1. The minimum Gasteiger partial charge on any atom is -0.444 e.